The summed E-state index contributed by atoms with van der Waals surface area (Å²) in [5.74, 6) is 0.193. The van der Waals surface area contributed by atoms with Crippen LogP contribution in [-0.4, -0.2) is 45.6 Å². The lowest BCUT2D eigenvalue weighted by molar-refractivity contribution is -0.138. The van der Waals surface area contributed by atoms with Crippen molar-refractivity contribution in [1.29, 1.82) is 0 Å². The summed E-state index contributed by atoms with van der Waals surface area (Å²) in [5.41, 5.74) is -0.114. The Labute approximate surface area is 166 Å². The van der Waals surface area contributed by atoms with Crippen molar-refractivity contribution in [2.75, 3.05) is 13.7 Å². The van der Waals surface area contributed by atoms with Crippen LogP contribution in [-0.2, 0) is 17.4 Å². The van der Waals surface area contributed by atoms with E-state index in [-0.39, 0.29) is 18.0 Å². The van der Waals surface area contributed by atoms with E-state index in [1.54, 1.807) is 17.2 Å². The fraction of sp³-hybridized carbons (Fsp3) is 0.450. The molecule has 1 fully saturated rings. The molecule has 2 aromatic rings. The Morgan fingerprint density at radius 2 is 2.10 bits per heavy atom. The third-order valence-electron chi connectivity index (χ3n) is 5.07. The van der Waals surface area contributed by atoms with Gasteiger partial charge in [0.05, 0.1) is 25.1 Å². The molecule has 0 spiro atoms. The molecule has 9 heteroatoms. The fourth-order valence-electron chi connectivity index (χ4n) is 3.56. The highest BCUT2D eigenvalue weighted by Crippen LogP contribution is 2.33. The Bertz CT molecular complexity index is 843. The molecule has 1 aliphatic rings. The summed E-state index contributed by atoms with van der Waals surface area (Å²) < 4.78 is 43.3. The highest BCUT2D eigenvalue weighted by atomic mass is 19.4. The van der Waals surface area contributed by atoms with Gasteiger partial charge in [0, 0.05) is 36.4 Å². The van der Waals surface area contributed by atoms with Crippen molar-refractivity contribution in [2.45, 2.75) is 44.0 Å². The quantitative estimate of drug-likeness (QED) is 0.821. The minimum Gasteiger partial charge on any atom is -0.496 e. The second kappa shape index (κ2) is 8.77. The highest BCUT2D eigenvalue weighted by molar-refractivity contribution is 5.79. The first-order valence-corrected chi connectivity index (χ1v) is 9.29. The summed E-state index contributed by atoms with van der Waals surface area (Å²) in [5, 5.41) is 10.9. The van der Waals surface area contributed by atoms with Gasteiger partial charge < -0.3 is 14.7 Å². The number of alkyl halides is 3. The van der Waals surface area contributed by atoms with E-state index in [9.17, 15) is 23.1 Å². The Kier molecular flexibility index (Phi) is 6.36. The molecule has 2 atom stereocenters. The number of pyridine rings is 2. The second-order valence-electron chi connectivity index (χ2n) is 6.93. The SMILES string of the molecule is COc1ccncc1C(O)[C@H]1CCCCN1C(=O)Cc1ccc(C(F)(F)F)cn1. The lowest BCUT2D eigenvalue weighted by Gasteiger charge is -2.38. The minimum absolute atomic E-state index is 0.133. The van der Waals surface area contributed by atoms with Gasteiger partial charge in [0.15, 0.2) is 0 Å². The zero-order valence-corrected chi connectivity index (χ0v) is 15.9. The number of piperidine rings is 1. The minimum atomic E-state index is -4.47. The number of hydrogen-bond acceptors (Lipinski definition) is 5. The first kappa shape index (κ1) is 21.0. The maximum absolute atomic E-state index is 12.9. The van der Waals surface area contributed by atoms with Crippen LogP contribution in [0.3, 0.4) is 0 Å². The number of hydrogen-bond donors (Lipinski definition) is 1. The number of halogens is 3. The van der Waals surface area contributed by atoms with E-state index in [4.69, 9.17) is 4.74 Å². The van der Waals surface area contributed by atoms with Gasteiger partial charge in [-0.2, -0.15) is 13.2 Å². The van der Waals surface area contributed by atoms with Crippen molar-refractivity contribution >= 4 is 5.91 Å². The Hall–Kier alpha value is -2.68. The van der Waals surface area contributed by atoms with Gasteiger partial charge in [-0.05, 0) is 37.5 Å². The normalized spacial score (nSPS) is 18.4. The van der Waals surface area contributed by atoms with Gasteiger partial charge in [-0.3, -0.25) is 14.8 Å². The molecule has 1 unspecified atom stereocenters. The summed E-state index contributed by atoms with van der Waals surface area (Å²) in [7, 11) is 1.49. The van der Waals surface area contributed by atoms with Crippen molar-refractivity contribution in [2.24, 2.45) is 0 Å². The first-order valence-electron chi connectivity index (χ1n) is 9.29. The van der Waals surface area contributed by atoms with Gasteiger partial charge in [-0.25, -0.2) is 0 Å². The first-order chi connectivity index (χ1) is 13.8. The number of carbonyl (C=O) groups excluding carboxylic acids is 1. The molecule has 1 N–H and O–H groups in total. The molecular formula is C20H22F3N3O3. The third-order valence-corrected chi connectivity index (χ3v) is 5.07. The molecule has 0 aliphatic carbocycles. The highest BCUT2D eigenvalue weighted by Gasteiger charge is 2.35. The van der Waals surface area contributed by atoms with Gasteiger partial charge >= 0.3 is 6.18 Å². The van der Waals surface area contributed by atoms with Crippen LogP contribution in [0.2, 0.25) is 0 Å². The molecule has 0 saturated carbocycles. The molecule has 29 heavy (non-hydrogen) atoms. The topological polar surface area (TPSA) is 75.6 Å². The number of methoxy groups -OCH3 is 1. The van der Waals surface area contributed by atoms with Gasteiger partial charge in [0.1, 0.15) is 11.9 Å². The zero-order chi connectivity index (χ0) is 21.0. The predicted molar refractivity (Wildman–Crippen MR) is 98.0 cm³/mol. The van der Waals surface area contributed by atoms with Crippen LogP contribution < -0.4 is 4.74 Å². The molecule has 3 rings (SSSR count). The lowest BCUT2D eigenvalue weighted by Crippen LogP contribution is -2.47. The van der Waals surface area contributed by atoms with Crippen molar-refractivity contribution in [3.63, 3.8) is 0 Å². The zero-order valence-electron chi connectivity index (χ0n) is 15.9. The van der Waals surface area contributed by atoms with Crippen molar-refractivity contribution in [1.82, 2.24) is 14.9 Å². The molecule has 1 aliphatic heterocycles. The summed E-state index contributed by atoms with van der Waals surface area (Å²) in [6, 6.07) is 3.29. The summed E-state index contributed by atoms with van der Waals surface area (Å²) in [6.07, 6.45) is 0.450. The lowest BCUT2D eigenvalue weighted by atomic mass is 9.92. The van der Waals surface area contributed by atoms with Crippen LogP contribution in [0.4, 0.5) is 13.2 Å². The molecule has 6 nitrogen and oxygen atoms in total. The predicted octanol–water partition coefficient (Wildman–Crippen LogP) is 3.16. The molecule has 2 aromatic heterocycles. The number of aromatic nitrogens is 2. The standard InChI is InChI=1S/C20H22F3N3O3/c1-29-17-7-8-24-12-15(17)19(28)16-4-2-3-9-26(16)18(27)10-14-6-5-13(11-25-14)20(21,22)23/h5-8,11-12,16,19,28H,2-4,9-10H2,1H3/t16-,19?/m1/s1. The van der Waals surface area contributed by atoms with Crippen LogP contribution in [0.25, 0.3) is 0 Å². The number of aliphatic hydroxyl groups excluding tert-OH is 1. The average molecular weight is 409 g/mol. The van der Waals surface area contributed by atoms with Gasteiger partial charge in [0.2, 0.25) is 5.91 Å². The van der Waals surface area contributed by atoms with E-state index in [0.29, 0.717) is 24.3 Å². The Morgan fingerprint density at radius 3 is 2.76 bits per heavy atom. The van der Waals surface area contributed by atoms with E-state index in [0.717, 1.165) is 25.1 Å². The number of aliphatic hydroxyl groups is 1. The average Bonchev–Trinajstić information content (AvgIpc) is 2.73. The van der Waals surface area contributed by atoms with Gasteiger partial charge in [0.25, 0.3) is 0 Å². The number of ether oxygens (including phenoxy) is 1. The van der Waals surface area contributed by atoms with Gasteiger partial charge in [-0.15, -0.1) is 0 Å². The second-order valence-corrected chi connectivity index (χ2v) is 6.93. The third kappa shape index (κ3) is 4.84. The Balaban J connectivity index is 1.76. The maximum Gasteiger partial charge on any atom is 0.417 e. The molecule has 1 saturated heterocycles. The van der Waals surface area contributed by atoms with Crippen molar-refractivity contribution in [3.8, 4) is 5.75 Å². The summed E-state index contributed by atoms with van der Waals surface area (Å²) in [4.78, 5) is 22.2. The smallest absolute Gasteiger partial charge is 0.417 e. The fourth-order valence-corrected chi connectivity index (χ4v) is 3.56. The number of amides is 1. The van der Waals surface area contributed by atoms with Crippen LogP contribution >= 0.6 is 0 Å². The van der Waals surface area contributed by atoms with Gasteiger partial charge in [-0.1, -0.05) is 0 Å². The number of carbonyl (C=O) groups is 1. The molecule has 0 aromatic carbocycles. The molecule has 3 heterocycles. The number of likely N-dealkylation sites (tertiary alicyclic amines) is 1. The molecule has 0 radical (unpaired) electrons. The van der Waals surface area contributed by atoms with E-state index >= 15 is 0 Å². The van der Waals surface area contributed by atoms with Crippen molar-refractivity contribution in [3.05, 3.63) is 53.6 Å². The van der Waals surface area contributed by atoms with E-state index in [2.05, 4.69) is 9.97 Å². The van der Waals surface area contributed by atoms with E-state index in [1.165, 1.54) is 19.4 Å². The van der Waals surface area contributed by atoms with E-state index in [1.807, 2.05) is 0 Å². The maximum atomic E-state index is 12.9. The Morgan fingerprint density at radius 1 is 1.31 bits per heavy atom. The van der Waals surface area contributed by atoms with E-state index < -0.39 is 23.9 Å². The van der Waals surface area contributed by atoms with Crippen LogP contribution in [0.1, 0.15) is 42.2 Å². The largest absolute Gasteiger partial charge is 0.496 e. The number of rotatable bonds is 5. The molecule has 0 bridgehead atoms. The number of nitrogens with zero attached hydrogens (tertiary/aromatic N) is 3. The summed E-state index contributed by atoms with van der Waals surface area (Å²) >= 11 is 0. The van der Waals surface area contributed by atoms with Crippen LogP contribution in [0.5, 0.6) is 5.75 Å². The molecule has 1 amide bonds. The molecular weight excluding hydrogens is 387 g/mol. The van der Waals surface area contributed by atoms with Crippen LogP contribution in [0, 0.1) is 0 Å². The van der Waals surface area contributed by atoms with Crippen LogP contribution in [0.15, 0.2) is 36.8 Å². The molecule has 156 valence electrons. The van der Waals surface area contributed by atoms with Crippen molar-refractivity contribution < 1.29 is 27.8 Å². The monoisotopic (exact) mass is 409 g/mol. The summed E-state index contributed by atoms with van der Waals surface area (Å²) in [6.45, 7) is 0.462.